The zero-order chi connectivity index (χ0) is 20.2. The molecule has 1 fully saturated rings. The van der Waals surface area contributed by atoms with Gasteiger partial charge in [0.1, 0.15) is 0 Å². The lowest BCUT2D eigenvalue weighted by Gasteiger charge is -2.29. The molecule has 1 atom stereocenters. The molecule has 1 aliphatic rings. The first kappa shape index (κ1) is 19.5. The minimum atomic E-state index is -0.198. The zero-order valence-electron chi connectivity index (χ0n) is 16.8. The number of rotatable bonds is 6. The lowest BCUT2D eigenvalue weighted by molar-refractivity contribution is 0.0317. The predicted molar refractivity (Wildman–Crippen MR) is 110 cm³/mol. The van der Waals surface area contributed by atoms with Crippen LogP contribution in [0.4, 0.5) is 0 Å². The van der Waals surface area contributed by atoms with Crippen LogP contribution >= 0.6 is 0 Å². The van der Waals surface area contributed by atoms with Gasteiger partial charge in [0.25, 0.3) is 5.91 Å². The Labute approximate surface area is 169 Å². The van der Waals surface area contributed by atoms with E-state index >= 15 is 0 Å². The standard InChI is InChI=1S/C21H26N6O2/c1-15(14-26-9-11-29-12-10-26)13-23-21(28)19-16(2)27(25-24-19)18-7-3-5-17-6-4-8-22-20(17)18/h3-8,15H,9-14H2,1-2H3,(H,23,28)/t15-/m1/s1. The number of nitrogens with zero attached hydrogens (tertiary/aromatic N) is 5. The highest BCUT2D eigenvalue weighted by Crippen LogP contribution is 2.21. The van der Waals surface area contributed by atoms with Gasteiger partial charge in [0.2, 0.25) is 0 Å². The molecular formula is C21H26N6O2. The van der Waals surface area contributed by atoms with Crippen molar-refractivity contribution < 1.29 is 9.53 Å². The summed E-state index contributed by atoms with van der Waals surface area (Å²) in [6, 6.07) is 9.79. The highest BCUT2D eigenvalue weighted by atomic mass is 16.5. The first-order valence-electron chi connectivity index (χ1n) is 9.98. The fourth-order valence-corrected chi connectivity index (χ4v) is 3.67. The van der Waals surface area contributed by atoms with E-state index in [1.54, 1.807) is 10.9 Å². The molecule has 1 N–H and O–H groups in total. The second kappa shape index (κ2) is 8.67. The Morgan fingerprint density at radius 2 is 2.03 bits per heavy atom. The van der Waals surface area contributed by atoms with E-state index in [-0.39, 0.29) is 5.91 Å². The van der Waals surface area contributed by atoms with Gasteiger partial charge in [-0.05, 0) is 25.0 Å². The molecular weight excluding hydrogens is 368 g/mol. The molecule has 3 aromatic rings. The molecule has 0 unspecified atom stereocenters. The van der Waals surface area contributed by atoms with E-state index in [0.717, 1.165) is 49.4 Å². The number of aromatic nitrogens is 4. The Hall–Kier alpha value is -2.84. The van der Waals surface area contributed by atoms with E-state index in [1.807, 2.05) is 37.3 Å². The molecule has 0 radical (unpaired) electrons. The Morgan fingerprint density at radius 1 is 1.24 bits per heavy atom. The Balaban J connectivity index is 1.44. The summed E-state index contributed by atoms with van der Waals surface area (Å²) < 4.78 is 7.06. The third-order valence-corrected chi connectivity index (χ3v) is 5.23. The maximum atomic E-state index is 12.7. The molecule has 0 aliphatic carbocycles. The van der Waals surface area contributed by atoms with Crippen molar-refractivity contribution in [3.8, 4) is 5.69 Å². The van der Waals surface area contributed by atoms with Gasteiger partial charge in [0.15, 0.2) is 5.69 Å². The van der Waals surface area contributed by atoms with Crippen molar-refractivity contribution in [3.05, 3.63) is 47.9 Å². The number of hydrogen-bond acceptors (Lipinski definition) is 6. The van der Waals surface area contributed by atoms with E-state index in [2.05, 4.69) is 32.4 Å². The first-order chi connectivity index (χ1) is 14.1. The minimum Gasteiger partial charge on any atom is -0.379 e. The highest BCUT2D eigenvalue weighted by molar-refractivity contribution is 5.93. The zero-order valence-corrected chi connectivity index (χ0v) is 16.8. The van der Waals surface area contributed by atoms with E-state index in [1.165, 1.54) is 0 Å². The molecule has 3 heterocycles. The van der Waals surface area contributed by atoms with E-state index in [4.69, 9.17) is 4.74 Å². The number of nitrogens with one attached hydrogen (secondary N) is 1. The van der Waals surface area contributed by atoms with Crippen LogP contribution in [0.2, 0.25) is 0 Å². The summed E-state index contributed by atoms with van der Waals surface area (Å²) in [6.45, 7) is 8.99. The molecule has 8 heteroatoms. The lowest BCUT2D eigenvalue weighted by atomic mass is 10.1. The number of carbonyl (C=O) groups is 1. The van der Waals surface area contributed by atoms with Crippen LogP contribution in [0.15, 0.2) is 36.5 Å². The predicted octanol–water partition coefficient (Wildman–Crippen LogP) is 1.82. The smallest absolute Gasteiger partial charge is 0.273 e. The topological polar surface area (TPSA) is 85.2 Å². The molecule has 0 bridgehead atoms. The Morgan fingerprint density at radius 3 is 2.86 bits per heavy atom. The normalized spacial score (nSPS) is 16.1. The van der Waals surface area contributed by atoms with Gasteiger partial charge in [-0.3, -0.25) is 14.7 Å². The van der Waals surface area contributed by atoms with Gasteiger partial charge in [-0.15, -0.1) is 5.10 Å². The molecule has 4 rings (SSSR count). The second-order valence-corrected chi connectivity index (χ2v) is 7.52. The van der Waals surface area contributed by atoms with Crippen LogP contribution < -0.4 is 5.32 Å². The Bertz CT molecular complexity index is 991. The van der Waals surface area contributed by atoms with Crippen molar-refractivity contribution in [3.63, 3.8) is 0 Å². The number of morpholine rings is 1. The second-order valence-electron chi connectivity index (χ2n) is 7.52. The van der Waals surface area contributed by atoms with Crippen LogP contribution in [0.1, 0.15) is 23.1 Å². The van der Waals surface area contributed by atoms with Gasteiger partial charge in [0, 0.05) is 37.8 Å². The number of amides is 1. The summed E-state index contributed by atoms with van der Waals surface area (Å²) in [5.74, 6) is 0.144. The molecule has 2 aromatic heterocycles. The Kier molecular flexibility index (Phi) is 5.82. The van der Waals surface area contributed by atoms with Crippen molar-refractivity contribution in [2.24, 2.45) is 5.92 Å². The van der Waals surface area contributed by atoms with E-state index in [0.29, 0.717) is 23.9 Å². The number of para-hydroxylation sites is 1. The summed E-state index contributed by atoms with van der Waals surface area (Å²) in [4.78, 5) is 19.5. The quantitative estimate of drug-likeness (QED) is 0.687. The third kappa shape index (κ3) is 4.28. The molecule has 29 heavy (non-hydrogen) atoms. The van der Waals surface area contributed by atoms with Crippen molar-refractivity contribution >= 4 is 16.8 Å². The number of hydrogen-bond donors (Lipinski definition) is 1. The fourth-order valence-electron chi connectivity index (χ4n) is 3.67. The molecule has 1 aromatic carbocycles. The van der Waals surface area contributed by atoms with Crippen LogP contribution in [-0.2, 0) is 4.74 Å². The van der Waals surface area contributed by atoms with E-state index < -0.39 is 0 Å². The van der Waals surface area contributed by atoms with Crippen LogP contribution in [0.3, 0.4) is 0 Å². The summed E-state index contributed by atoms with van der Waals surface area (Å²) >= 11 is 0. The number of fused-ring (bicyclic) bond motifs is 1. The summed E-state index contributed by atoms with van der Waals surface area (Å²) in [5, 5.41) is 12.4. The van der Waals surface area contributed by atoms with Gasteiger partial charge >= 0.3 is 0 Å². The highest BCUT2D eigenvalue weighted by Gasteiger charge is 2.20. The summed E-state index contributed by atoms with van der Waals surface area (Å²) in [6.07, 6.45) is 1.75. The van der Waals surface area contributed by atoms with Crippen molar-refractivity contribution in [1.29, 1.82) is 0 Å². The summed E-state index contributed by atoms with van der Waals surface area (Å²) in [5.41, 5.74) is 2.68. The van der Waals surface area contributed by atoms with Crippen LogP contribution in [0.5, 0.6) is 0 Å². The molecule has 0 saturated carbocycles. The van der Waals surface area contributed by atoms with Crippen molar-refractivity contribution in [1.82, 2.24) is 30.2 Å². The van der Waals surface area contributed by atoms with Gasteiger partial charge in [-0.1, -0.05) is 30.3 Å². The average molecular weight is 394 g/mol. The molecule has 1 saturated heterocycles. The number of ether oxygens (including phenoxy) is 1. The number of pyridine rings is 1. The molecule has 0 spiro atoms. The lowest BCUT2D eigenvalue weighted by Crippen LogP contribution is -2.41. The van der Waals surface area contributed by atoms with Gasteiger partial charge < -0.3 is 10.1 Å². The fraction of sp³-hybridized carbons (Fsp3) is 0.429. The van der Waals surface area contributed by atoms with Gasteiger partial charge in [-0.25, -0.2) is 4.68 Å². The number of carbonyl (C=O) groups excluding carboxylic acids is 1. The molecule has 1 aliphatic heterocycles. The minimum absolute atomic E-state index is 0.198. The number of benzene rings is 1. The molecule has 1 amide bonds. The molecule has 152 valence electrons. The maximum Gasteiger partial charge on any atom is 0.273 e. The first-order valence-corrected chi connectivity index (χ1v) is 9.98. The van der Waals surface area contributed by atoms with E-state index in [9.17, 15) is 4.79 Å². The van der Waals surface area contributed by atoms with Crippen molar-refractivity contribution in [2.45, 2.75) is 13.8 Å². The van der Waals surface area contributed by atoms with Crippen LogP contribution in [0.25, 0.3) is 16.6 Å². The third-order valence-electron chi connectivity index (χ3n) is 5.23. The van der Waals surface area contributed by atoms with Crippen LogP contribution in [-0.4, -0.2) is 70.2 Å². The SMILES string of the molecule is Cc1c(C(=O)NC[C@@H](C)CN2CCOCC2)nnn1-c1cccc2cccnc12. The van der Waals surface area contributed by atoms with Gasteiger partial charge in [-0.2, -0.15) is 0 Å². The maximum absolute atomic E-state index is 12.7. The largest absolute Gasteiger partial charge is 0.379 e. The summed E-state index contributed by atoms with van der Waals surface area (Å²) in [7, 11) is 0. The average Bonchev–Trinajstić information content (AvgIpc) is 3.13. The monoisotopic (exact) mass is 394 g/mol. The van der Waals surface area contributed by atoms with Gasteiger partial charge in [0.05, 0.1) is 30.1 Å². The van der Waals surface area contributed by atoms with Crippen molar-refractivity contribution in [2.75, 3.05) is 39.4 Å². The molecule has 8 nitrogen and oxygen atoms in total. The van der Waals surface area contributed by atoms with Crippen LogP contribution in [0, 0.1) is 12.8 Å².